The maximum Gasteiger partial charge on any atom is 0.340 e. The SMILES string of the molecule is Cc1ccc(NC(=O)COC(=O)c2ccc(C)nc2)c(Cl)c1. The molecule has 6 heteroatoms. The zero-order chi connectivity index (χ0) is 16.1. The van der Waals surface area contributed by atoms with Crippen LogP contribution in [0.1, 0.15) is 21.6 Å². The minimum Gasteiger partial charge on any atom is -0.452 e. The number of halogens is 1. The average molecular weight is 319 g/mol. The highest BCUT2D eigenvalue weighted by molar-refractivity contribution is 6.33. The molecule has 0 aliphatic carbocycles. The van der Waals surface area contributed by atoms with E-state index in [9.17, 15) is 9.59 Å². The number of carbonyl (C=O) groups excluding carboxylic acids is 2. The van der Waals surface area contributed by atoms with Crippen LogP contribution in [-0.2, 0) is 9.53 Å². The second kappa shape index (κ2) is 7.04. The van der Waals surface area contributed by atoms with Gasteiger partial charge in [0, 0.05) is 11.9 Å². The summed E-state index contributed by atoms with van der Waals surface area (Å²) in [4.78, 5) is 27.5. The van der Waals surface area contributed by atoms with E-state index in [1.165, 1.54) is 6.20 Å². The third kappa shape index (κ3) is 4.30. The minimum absolute atomic E-state index is 0.298. The number of carbonyl (C=O) groups is 2. The number of hydrogen-bond acceptors (Lipinski definition) is 4. The summed E-state index contributed by atoms with van der Waals surface area (Å²) in [5.74, 6) is -1.06. The first-order valence-electron chi connectivity index (χ1n) is 6.61. The van der Waals surface area contributed by atoms with Gasteiger partial charge in [0.05, 0.1) is 16.3 Å². The first-order chi connectivity index (χ1) is 10.5. The number of hydrogen-bond donors (Lipinski definition) is 1. The van der Waals surface area contributed by atoms with E-state index in [1.54, 1.807) is 24.3 Å². The summed E-state index contributed by atoms with van der Waals surface area (Å²) in [5, 5.41) is 3.02. The fraction of sp³-hybridized carbons (Fsp3) is 0.188. The molecule has 22 heavy (non-hydrogen) atoms. The van der Waals surface area contributed by atoms with E-state index in [-0.39, 0.29) is 0 Å². The summed E-state index contributed by atoms with van der Waals surface area (Å²) in [5.41, 5.74) is 2.56. The zero-order valence-electron chi connectivity index (χ0n) is 12.2. The van der Waals surface area contributed by atoms with E-state index in [0.29, 0.717) is 16.3 Å². The van der Waals surface area contributed by atoms with Crippen LogP contribution in [0.4, 0.5) is 5.69 Å². The molecule has 0 aliphatic heterocycles. The smallest absolute Gasteiger partial charge is 0.340 e. The molecule has 0 saturated heterocycles. The van der Waals surface area contributed by atoms with Gasteiger partial charge in [0.1, 0.15) is 0 Å². The summed E-state index contributed by atoms with van der Waals surface area (Å²) >= 11 is 6.02. The molecule has 0 spiro atoms. The van der Waals surface area contributed by atoms with Gasteiger partial charge in [-0.15, -0.1) is 0 Å². The van der Waals surface area contributed by atoms with Crippen molar-refractivity contribution in [3.05, 3.63) is 58.4 Å². The number of nitrogens with zero attached hydrogens (tertiary/aromatic N) is 1. The van der Waals surface area contributed by atoms with Crippen molar-refractivity contribution in [1.29, 1.82) is 0 Å². The number of nitrogens with one attached hydrogen (secondary N) is 1. The van der Waals surface area contributed by atoms with Crippen LogP contribution in [-0.4, -0.2) is 23.5 Å². The van der Waals surface area contributed by atoms with Crippen molar-refractivity contribution in [2.45, 2.75) is 13.8 Å². The van der Waals surface area contributed by atoms with E-state index < -0.39 is 18.5 Å². The maximum absolute atomic E-state index is 11.8. The number of aromatic nitrogens is 1. The van der Waals surface area contributed by atoms with Gasteiger partial charge in [0.15, 0.2) is 6.61 Å². The van der Waals surface area contributed by atoms with Gasteiger partial charge in [-0.25, -0.2) is 4.79 Å². The fourth-order valence-electron chi connectivity index (χ4n) is 1.71. The third-order valence-corrected chi connectivity index (χ3v) is 3.19. The molecule has 114 valence electrons. The van der Waals surface area contributed by atoms with Gasteiger partial charge in [0.25, 0.3) is 5.91 Å². The second-order valence-electron chi connectivity index (χ2n) is 4.80. The predicted octanol–water partition coefficient (Wildman–Crippen LogP) is 3.15. The summed E-state index contributed by atoms with van der Waals surface area (Å²) in [6, 6.07) is 8.55. The molecule has 0 atom stereocenters. The Labute approximate surface area is 133 Å². The standard InChI is InChI=1S/C16H15ClN2O3/c1-10-3-6-14(13(17)7-10)19-15(20)9-22-16(21)12-5-4-11(2)18-8-12/h3-8H,9H2,1-2H3,(H,19,20). The highest BCUT2D eigenvalue weighted by atomic mass is 35.5. The Kier molecular flexibility index (Phi) is 5.12. The molecular weight excluding hydrogens is 304 g/mol. The fourth-order valence-corrected chi connectivity index (χ4v) is 1.99. The highest BCUT2D eigenvalue weighted by Gasteiger charge is 2.11. The Morgan fingerprint density at radius 1 is 1.23 bits per heavy atom. The number of esters is 1. The van der Waals surface area contributed by atoms with E-state index in [4.69, 9.17) is 16.3 Å². The monoisotopic (exact) mass is 318 g/mol. The van der Waals surface area contributed by atoms with Crippen LogP contribution >= 0.6 is 11.6 Å². The van der Waals surface area contributed by atoms with Gasteiger partial charge in [0.2, 0.25) is 0 Å². The van der Waals surface area contributed by atoms with Crippen LogP contribution in [0.3, 0.4) is 0 Å². The summed E-state index contributed by atoms with van der Waals surface area (Å²) in [6.07, 6.45) is 1.41. The van der Waals surface area contributed by atoms with E-state index >= 15 is 0 Å². The topological polar surface area (TPSA) is 68.3 Å². The van der Waals surface area contributed by atoms with Gasteiger partial charge < -0.3 is 10.1 Å². The largest absolute Gasteiger partial charge is 0.452 e. The number of ether oxygens (including phenoxy) is 1. The van der Waals surface area contributed by atoms with E-state index in [2.05, 4.69) is 10.3 Å². The Morgan fingerprint density at radius 2 is 2.00 bits per heavy atom. The predicted molar refractivity (Wildman–Crippen MR) is 84.1 cm³/mol. The molecule has 1 N–H and O–H groups in total. The highest BCUT2D eigenvalue weighted by Crippen LogP contribution is 2.22. The number of rotatable bonds is 4. The van der Waals surface area contributed by atoms with Crippen LogP contribution < -0.4 is 5.32 Å². The van der Waals surface area contributed by atoms with Crippen LogP contribution in [0.2, 0.25) is 5.02 Å². The normalized spacial score (nSPS) is 10.1. The Bertz CT molecular complexity index is 699. The molecule has 0 saturated carbocycles. The lowest BCUT2D eigenvalue weighted by Crippen LogP contribution is -2.21. The molecule has 0 unspecified atom stereocenters. The summed E-state index contributed by atoms with van der Waals surface area (Å²) in [7, 11) is 0. The number of benzene rings is 1. The Balaban J connectivity index is 1.89. The Hall–Kier alpha value is -2.40. The molecule has 1 aromatic carbocycles. The molecule has 0 aliphatic rings. The van der Waals surface area contributed by atoms with Crippen molar-refractivity contribution in [2.24, 2.45) is 0 Å². The van der Waals surface area contributed by atoms with Crippen molar-refractivity contribution < 1.29 is 14.3 Å². The summed E-state index contributed by atoms with van der Waals surface area (Å²) < 4.78 is 4.93. The molecule has 1 aromatic heterocycles. The van der Waals surface area contributed by atoms with Crippen LogP contribution in [0.25, 0.3) is 0 Å². The molecule has 1 amide bonds. The lowest BCUT2D eigenvalue weighted by molar-refractivity contribution is -0.119. The first-order valence-corrected chi connectivity index (χ1v) is 6.99. The summed E-state index contributed by atoms with van der Waals surface area (Å²) in [6.45, 7) is 3.32. The zero-order valence-corrected chi connectivity index (χ0v) is 13.0. The van der Waals surface area contributed by atoms with Gasteiger partial charge in [-0.1, -0.05) is 17.7 Å². The molecule has 0 radical (unpaired) electrons. The minimum atomic E-state index is -0.599. The van der Waals surface area contributed by atoms with Crippen molar-refractivity contribution in [3.8, 4) is 0 Å². The van der Waals surface area contributed by atoms with Crippen molar-refractivity contribution in [1.82, 2.24) is 4.98 Å². The van der Waals surface area contributed by atoms with Gasteiger partial charge >= 0.3 is 5.97 Å². The second-order valence-corrected chi connectivity index (χ2v) is 5.20. The maximum atomic E-state index is 11.8. The lowest BCUT2D eigenvalue weighted by atomic mass is 10.2. The lowest BCUT2D eigenvalue weighted by Gasteiger charge is -2.08. The number of amides is 1. The van der Waals surface area contributed by atoms with Crippen LogP contribution in [0, 0.1) is 13.8 Å². The molecule has 2 rings (SSSR count). The molecule has 2 aromatic rings. The third-order valence-electron chi connectivity index (χ3n) is 2.88. The van der Waals surface area contributed by atoms with Crippen molar-refractivity contribution in [2.75, 3.05) is 11.9 Å². The molecule has 1 heterocycles. The van der Waals surface area contributed by atoms with E-state index in [0.717, 1.165) is 11.3 Å². The molecule has 0 bridgehead atoms. The van der Waals surface area contributed by atoms with Crippen LogP contribution in [0.15, 0.2) is 36.5 Å². The number of anilines is 1. The Morgan fingerprint density at radius 3 is 2.64 bits per heavy atom. The number of pyridine rings is 1. The quantitative estimate of drug-likeness (QED) is 0.879. The van der Waals surface area contributed by atoms with Gasteiger partial charge in [-0.2, -0.15) is 0 Å². The average Bonchev–Trinajstić information content (AvgIpc) is 2.48. The van der Waals surface area contributed by atoms with E-state index in [1.807, 2.05) is 19.9 Å². The first kappa shape index (κ1) is 16.0. The van der Waals surface area contributed by atoms with Crippen LogP contribution in [0.5, 0.6) is 0 Å². The van der Waals surface area contributed by atoms with Crippen molar-refractivity contribution in [3.63, 3.8) is 0 Å². The van der Waals surface area contributed by atoms with Gasteiger partial charge in [-0.3, -0.25) is 9.78 Å². The number of aryl methyl sites for hydroxylation is 2. The molecule has 0 fully saturated rings. The molecular formula is C16H15ClN2O3. The van der Waals surface area contributed by atoms with Crippen molar-refractivity contribution >= 4 is 29.2 Å². The molecule has 5 nitrogen and oxygen atoms in total. The van der Waals surface area contributed by atoms with Gasteiger partial charge in [-0.05, 0) is 43.7 Å².